The predicted molar refractivity (Wildman–Crippen MR) is 86.7 cm³/mol. The van der Waals surface area contributed by atoms with Gasteiger partial charge in [0.1, 0.15) is 0 Å². The lowest BCUT2D eigenvalue weighted by molar-refractivity contribution is 0.0895. The summed E-state index contributed by atoms with van der Waals surface area (Å²) < 4.78 is 2.15. The standard InChI is InChI=1S/C16H30N6/c1-3-15(21-12-10-20(4-2)11-13-21)16-17-18-19-22(16)14-8-6-5-7-9-14/h14-15H,3-13H2,1-2H3/t15-/m0/s1. The van der Waals surface area contributed by atoms with Gasteiger partial charge in [0.2, 0.25) is 0 Å². The highest BCUT2D eigenvalue weighted by Gasteiger charge is 2.29. The Kier molecular flexibility index (Phi) is 5.41. The Labute approximate surface area is 133 Å². The first kappa shape index (κ1) is 15.9. The second-order valence-corrected chi connectivity index (χ2v) is 6.67. The molecule has 1 aliphatic carbocycles. The number of aromatic nitrogens is 4. The summed E-state index contributed by atoms with van der Waals surface area (Å²) in [4.78, 5) is 5.10. The minimum atomic E-state index is 0.371. The Morgan fingerprint density at radius 2 is 1.77 bits per heavy atom. The maximum Gasteiger partial charge on any atom is 0.168 e. The van der Waals surface area contributed by atoms with Crippen molar-refractivity contribution in [2.45, 2.75) is 64.5 Å². The van der Waals surface area contributed by atoms with Crippen LogP contribution in [-0.4, -0.2) is 62.7 Å². The van der Waals surface area contributed by atoms with Crippen molar-refractivity contribution in [3.63, 3.8) is 0 Å². The summed E-state index contributed by atoms with van der Waals surface area (Å²) in [5, 5.41) is 12.8. The van der Waals surface area contributed by atoms with Gasteiger partial charge < -0.3 is 4.90 Å². The van der Waals surface area contributed by atoms with E-state index < -0.39 is 0 Å². The zero-order chi connectivity index (χ0) is 15.4. The highest BCUT2D eigenvalue weighted by molar-refractivity contribution is 4.96. The van der Waals surface area contributed by atoms with Crippen LogP contribution in [0.2, 0.25) is 0 Å². The van der Waals surface area contributed by atoms with E-state index >= 15 is 0 Å². The van der Waals surface area contributed by atoms with Crippen molar-refractivity contribution in [3.05, 3.63) is 5.82 Å². The van der Waals surface area contributed by atoms with Gasteiger partial charge in [-0.05, 0) is 36.2 Å². The molecule has 6 heteroatoms. The van der Waals surface area contributed by atoms with E-state index in [1.807, 2.05) is 0 Å². The summed E-state index contributed by atoms with van der Waals surface area (Å²) in [6, 6.07) is 0.890. The second-order valence-electron chi connectivity index (χ2n) is 6.67. The summed E-state index contributed by atoms with van der Waals surface area (Å²) in [6.07, 6.45) is 7.55. The van der Waals surface area contributed by atoms with E-state index in [0.29, 0.717) is 12.1 Å². The molecule has 1 aromatic heterocycles. The maximum atomic E-state index is 4.42. The van der Waals surface area contributed by atoms with Gasteiger partial charge in [-0.2, -0.15) is 0 Å². The van der Waals surface area contributed by atoms with Crippen LogP contribution < -0.4 is 0 Å². The number of rotatable bonds is 5. The van der Waals surface area contributed by atoms with Crippen molar-refractivity contribution in [2.75, 3.05) is 32.7 Å². The summed E-state index contributed by atoms with van der Waals surface area (Å²) in [5.41, 5.74) is 0. The average molecular weight is 306 g/mol. The van der Waals surface area contributed by atoms with Crippen LogP contribution in [0, 0.1) is 0 Å². The second kappa shape index (κ2) is 7.51. The summed E-state index contributed by atoms with van der Waals surface area (Å²) in [6.45, 7) is 10.3. The fraction of sp³-hybridized carbons (Fsp3) is 0.938. The first-order chi connectivity index (χ1) is 10.8. The summed E-state index contributed by atoms with van der Waals surface area (Å²) in [7, 11) is 0. The van der Waals surface area contributed by atoms with E-state index in [1.165, 1.54) is 32.1 Å². The normalized spacial score (nSPS) is 23.7. The van der Waals surface area contributed by atoms with Crippen LogP contribution in [0.3, 0.4) is 0 Å². The molecule has 1 saturated heterocycles. The zero-order valence-corrected chi connectivity index (χ0v) is 14.1. The lowest BCUT2D eigenvalue weighted by atomic mass is 9.95. The third kappa shape index (κ3) is 3.33. The molecular formula is C16H30N6. The van der Waals surface area contributed by atoms with Gasteiger partial charge in [-0.25, -0.2) is 4.68 Å². The van der Waals surface area contributed by atoms with Crippen LogP contribution in [0.1, 0.15) is 70.3 Å². The Morgan fingerprint density at radius 3 is 2.41 bits per heavy atom. The van der Waals surface area contributed by atoms with Crippen LogP contribution in [0.5, 0.6) is 0 Å². The lowest BCUT2D eigenvalue weighted by Gasteiger charge is -2.38. The molecule has 1 atom stereocenters. The molecule has 1 aliphatic heterocycles. The first-order valence-corrected chi connectivity index (χ1v) is 9.07. The van der Waals surface area contributed by atoms with Crippen molar-refractivity contribution in [2.24, 2.45) is 0 Å². The fourth-order valence-electron chi connectivity index (χ4n) is 4.00. The van der Waals surface area contributed by atoms with Gasteiger partial charge in [0.15, 0.2) is 5.82 Å². The zero-order valence-electron chi connectivity index (χ0n) is 14.1. The molecule has 0 unspecified atom stereocenters. The van der Waals surface area contributed by atoms with Crippen molar-refractivity contribution >= 4 is 0 Å². The largest absolute Gasteiger partial charge is 0.301 e. The molecule has 0 bridgehead atoms. The van der Waals surface area contributed by atoms with E-state index in [9.17, 15) is 0 Å². The van der Waals surface area contributed by atoms with Crippen LogP contribution in [0.25, 0.3) is 0 Å². The van der Waals surface area contributed by atoms with Crippen molar-refractivity contribution in [3.8, 4) is 0 Å². The molecule has 124 valence electrons. The van der Waals surface area contributed by atoms with Crippen LogP contribution in [0.4, 0.5) is 0 Å². The smallest absolute Gasteiger partial charge is 0.168 e. The number of piperazine rings is 1. The van der Waals surface area contributed by atoms with Gasteiger partial charge in [0, 0.05) is 26.2 Å². The van der Waals surface area contributed by atoms with Crippen molar-refractivity contribution in [1.29, 1.82) is 0 Å². The Bertz CT molecular complexity index is 445. The molecule has 0 aromatic carbocycles. The molecule has 1 aromatic rings. The molecule has 3 rings (SSSR count). The highest BCUT2D eigenvalue weighted by atomic mass is 15.6. The molecule has 2 fully saturated rings. The molecule has 1 saturated carbocycles. The van der Waals surface area contributed by atoms with Gasteiger partial charge in [-0.1, -0.05) is 33.1 Å². The fourth-order valence-corrected chi connectivity index (χ4v) is 4.00. The highest BCUT2D eigenvalue weighted by Crippen LogP contribution is 2.31. The minimum Gasteiger partial charge on any atom is -0.301 e. The average Bonchev–Trinajstić information content (AvgIpc) is 3.06. The molecule has 2 aliphatic rings. The van der Waals surface area contributed by atoms with Gasteiger partial charge in [-0.3, -0.25) is 4.90 Å². The number of tetrazole rings is 1. The van der Waals surface area contributed by atoms with Crippen molar-refractivity contribution in [1.82, 2.24) is 30.0 Å². The Hall–Kier alpha value is -1.01. The van der Waals surface area contributed by atoms with Crippen molar-refractivity contribution < 1.29 is 0 Å². The molecular weight excluding hydrogens is 276 g/mol. The SMILES string of the molecule is CC[C@@H](c1nnnn1C1CCCCC1)N1CCN(CC)CC1. The maximum absolute atomic E-state index is 4.42. The number of likely N-dealkylation sites (N-methyl/N-ethyl adjacent to an activating group) is 1. The summed E-state index contributed by atoms with van der Waals surface area (Å²) in [5.74, 6) is 1.10. The van der Waals surface area contributed by atoms with Gasteiger partial charge >= 0.3 is 0 Å². The van der Waals surface area contributed by atoms with Crippen LogP contribution in [-0.2, 0) is 0 Å². The number of hydrogen-bond acceptors (Lipinski definition) is 5. The van der Waals surface area contributed by atoms with Crippen LogP contribution >= 0.6 is 0 Å². The van der Waals surface area contributed by atoms with E-state index in [0.717, 1.165) is 45.0 Å². The monoisotopic (exact) mass is 306 g/mol. The molecule has 6 nitrogen and oxygen atoms in total. The van der Waals surface area contributed by atoms with Gasteiger partial charge in [0.05, 0.1) is 12.1 Å². The number of hydrogen-bond donors (Lipinski definition) is 0. The molecule has 0 N–H and O–H groups in total. The lowest BCUT2D eigenvalue weighted by Crippen LogP contribution is -2.47. The Balaban J connectivity index is 1.72. The van der Waals surface area contributed by atoms with Gasteiger partial charge in [-0.15, -0.1) is 5.10 Å². The van der Waals surface area contributed by atoms with E-state index in [2.05, 4.69) is 43.9 Å². The predicted octanol–water partition coefficient (Wildman–Crippen LogP) is 2.27. The number of nitrogens with zero attached hydrogens (tertiary/aromatic N) is 6. The minimum absolute atomic E-state index is 0.371. The van der Waals surface area contributed by atoms with E-state index in [4.69, 9.17) is 0 Å². The van der Waals surface area contributed by atoms with E-state index in [-0.39, 0.29) is 0 Å². The van der Waals surface area contributed by atoms with Gasteiger partial charge in [0.25, 0.3) is 0 Å². The third-order valence-electron chi connectivity index (χ3n) is 5.42. The topological polar surface area (TPSA) is 50.1 Å². The quantitative estimate of drug-likeness (QED) is 0.835. The molecule has 2 heterocycles. The van der Waals surface area contributed by atoms with Crippen LogP contribution in [0.15, 0.2) is 0 Å². The summed E-state index contributed by atoms with van der Waals surface area (Å²) >= 11 is 0. The molecule has 0 spiro atoms. The molecule has 0 amide bonds. The Morgan fingerprint density at radius 1 is 1.05 bits per heavy atom. The first-order valence-electron chi connectivity index (χ1n) is 9.07. The third-order valence-corrected chi connectivity index (χ3v) is 5.42. The van der Waals surface area contributed by atoms with E-state index in [1.54, 1.807) is 0 Å². The molecule has 22 heavy (non-hydrogen) atoms. The molecule has 0 radical (unpaired) electrons.